The second-order valence-corrected chi connectivity index (χ2v) is 6.81. The number of hydrogen-bond acceptors (Lipinski definition) is 4. The zero-order chi connectivity index (χ0) is 14.7. The molecular weight excluding hydrogens is 280 g/mol. The van der Waals surface area contributed by atoms with Crippen LogP contribution in [0, 0.1) is 5.92 Å². The number of likely N-dealkylation sites (tertiary alicyclic amines) is 1. The van der Waals surface area contributed by atoms with Gasteiger partial charge in [0.25, 0.3) is 0 Å². The molecule has 0 saturated carbocycles. The number of hydrogen-bond donors (Lipinski definition) is 1. The van der Waals surface area contributed by atoms with Gasteiger partial charge >= 0.3 is 0 Å². The van der Waals surface area contributed by atoms with Gasteiger partial charge in [0.05, 0.1) is 6.61 Å². The van der Waals surface area contributed by atoms with Crippen LogP contribution in [0.1, 0.15) is 24.4 Å². The lowest BCUT2D eigenvalue weighted by atomic mass is 9.95. The first-order chi connectivity index (χ1) is 10.3. The van der Waals surface area contributed by atoms with Crippen molar-refractivity contribution in [3.8, 4) is 0 Å². The molecular formula is C17H24N2OS. The van der Waals surface area contributed by atoms with Crippen LogP contribution < -0.4 is 5.73 Å². The van der Waals surface area contributed by atoms with Crippen molar-refractivity contribution in [2.24, 2.45) is 11.7 Å². The minimum Gasteiger partial charge on any atom is -0.384 e. The van der Waals surface area contributed by atoms with Gasteiger partial charge in [0.15, 0.2) is 0 Å². The van der Waals surface area contributed by atoms with Crippen LogP contribution >= 0.6 is 11.3 Å². The van der Waals surface area contributed by atoms with Crippen LogP contribution in [0.3, 0.4) is 0 Å². The van der Waals surface area contributed by atoms with E-state index in [-0.39, 0.29) is 0 Å². The fourth-order valence-electron chi connectivity index (χ4n) is 3.48. The van der Waals surface area contributed by atoms with Crippen LogP contribution in [0.5, 0.6) is 0 Å². The average molecular weight is 304 g/mol. The molecule has 0 aliphatic carbocycles. The van der Waals surface area contributed by atoms with Gasteiger partial charge in [0.2, 0.25) is 0 Å². The topological polar surface area (TPSA) is 38.5 Å². The highest BCUT2D eigenvalue weighted by atomic mass is 32.1. The quantitative estimate of drug-likeness (QED) is 0.921. The lowest BCUT2D eigenvalue weighted by Crippen LogP contribution is -2.42. The number of piperidine rings is 1. The van der Waals surface area contributed by atoms with E-state index in [2.05, 4.69) is 34.5 Å². The van der Waals surface area contributed by atoms with Crippen molar-refractivity contribution in [1.29, 1.82) is 0 Å². The molecule has 3 rings (SSSR count). The van der Waals surface area contributed by atoms with Crippen LogP contribution in [-0.4, -0.2) is 38.3 Å². The maximum Gasteiger partial charge on any atom is 0.0502 e. The van der Waals surface area contributed by atoms with Gasteiger partial charge < -0.3 is 10.5 Å². The third-order valence-electron chi connectivity index (χ3n) is 4.49. The zero-order valence-electron chi connectivity index (χ0n) is 12.6. The number of ether oxygens (including phenoxy) is 1. The lowest BCUT2D eigenvalue weighted by molar-refractivity contribution is 0.0701. The molecule has 1 saturated heterocycles. The van der Waals surface area contributed by atoms with Gasteiger partial charge in [-0.15, -0.1) is 11.3 Å². The van der Waals surface area contributed by atoms with Gasteiger partial charge in [-0.2, -0.15) is 0 Å². The minimum atomic E-state index is 0.334. The van der Waals surface area contributed by atoms with Crippen LogP contribution in [0.15, 0.2) is 29.6 Å². The number of nitrogens with two attached hydrogens (primary N) is 1. The number of methoxy groups -OCH3 is 1. The Morgan fingerprint density at radius 3 is 3.10 bits per heavy atom. The smallest absolute Gasteiger partial charge is 0.0502 e. The molecule has 21 heavy (non-hydrogen) atoms. The molecule has 4 heteroatoms. The molecule has 0 amide bonds. The fourth-order valence-corrected chi connectivity index (χ4v) is 4.49. The first-order valence-electron chi connectivity index (χ1n) is 7.72. The van der Waals surface area contributed by atoms with E-state index >= 15 is 0 Å². The van der Waals surface area contributed by atoms with E-state index in [1.807, 2.05) is 11.3 Å². The number of thiophene rings is 1. The van der Waals surface area contributed by atoms with Crippen molar-refractivity contribution in [3.63, 3.8) is 0 Å². The van der Waals surface area contributed by atoms with Crippen LogP contribution in [0.2, 0.25) is 0 Å². The van der Waals surface area contributed by atoms with E-state index in [0.717, 1.165) is 19.7 Å². The Morgan fingerprint density at radius 2 is 2.29 bits per heavy atom. The van der Waals surface area contributed by atoms with E-state index in [9.17, 15) is 0 Å². The monoisotopic (exact) mass is 304 g/mol. The van der Waals surface area contributed by atoms with Gasteiger partial charge in [-0.1, -0.05) is 18.2 Å². The van der Waals surface area contributed by atoms with E-state index in [4.69, 9.17) is 10.5 Å². The van der Waals surface area contributed by atoms with Crippen molar-refractivity contribution in [2.75, 3.05) is 33.4 Å². The Kier molecular flexibility index (Phi) is 4.91. The maximum absolute atomic E-state index is 6.14. The van der Waals surface area contributed by atoms with Crippen LogP contribution in [-0.2, 0) is 4.74 Å². The third-order valence-corrected chi connectivity index (χ3v) is 5.47. The zero-order valence-corrected chi connectivity index (χ0v) is 13.4. The summed E-state index contributed by atoms with van der Waals surface area (Å²) >= 11 is 1.83. The number of nitrogens with zero attached hydrogens (tertiary/aromatic N) is 1. The molecule has 1 fully saturated rings. The standard InChI is InChI=1S/C17H24N2OS/c1-20-11-13-5-4-8-19(10-13)16(9-18)15-12-21-17-7-3-2-6-14(15)17/h2-3,6-7,12-13,16H,4-5,8-11,18H2,1H3. The second-order valence-electron chi connectivity index (χ2n) is 5.90. The highest BCUT2D eigenvalue weighted by Gasteiger charge is 2.27. The third kappa shape index (κ3) is 3.14. The number of benzene rings is 1. The number of fused-ring (bicyclic) bond motifs is 1. The van der Waals surface area contributed by atoms with E-state index < -0.39 is 0 Å². The average Bonchev–Trinajstić information content (AvgIpc) is 2.93. The first-order valence-corrected chi connectivity index (χ1v) is 8.60. The molecule has 1 aliphatic rings. The summed E-state index contributed by atoms with van der Waals surface area (Å²) in [5, 5.41) is 3.66. The molecule has 114 valence electrons. The summed E-state index contributed by atoms with van der Waals surface area (Å²) in [5.74, 6) is 0.641. The molecule has 3 nitrogen and oxygen atoms in total. The van der Waals surface area contributed by atoms with Crippen LogP contribution in [0.25, 0.3) is 10.1 Å². The lowest BCUT2D eigenvalue weighted by Gasteiger charge is -2.37. The molecule has 2 atom stereocenters. The van der Waals surface area contributed by atoms with Gasteiger partial charge in [0.1, 0.15) is 0 Å². The molecule has 0 radical (unpaired) electrons. The molecule has 1 aliphatic heterocycles. The highest BCUT2D eigenvalue weighted by molar-refractivity contribution is 7.17. The molecule has 1 aromatic heterocycles. The van der Waals surface area contributed by atoms with E-state index in [1.165, 1.54) is 28.5 Å². The Bertz CT molecular complexity index is 581. The van der Waals surface area contributed by atoms with Crippen molar-refractivity contribution < 1.29 is 4.74 Å². The minimum absolute atomic E-state index is 0.334. The summed E-state index contributed by atoms with van der Waals surface area (Å²) in [7, 11) is 1.80. The van der Waals surface area contributed by atoms with Crippen LogP contribution in [0.4, 0.5) is 0 Å². The van der Waals surface area contributed by atoms with Gasteiger partial charge in [-0.05, 0) is 47.7 Å². The molecule has 2 unspecified atom stereocenters. The molecule has 2 heterocycles. The summed E-state index contributed by atoms with van der Waals surface area (Å²) < 4.78 is 6.71. The van der Waals surface area contributed by atoms with Gasteiger partial charge in [-0.25, -0.2) is 0 Å². The highest BCUT2D eigenvalue weighted by Crippen LogP contribution is 2.34. The molecule has 0 spiro atoms. The molecule has 2 N–H and O–H groups in total. The Balaban J connectivity index is 1.84. The maximum atomic E-state index is 6.14. The Morgan fingerprint density at radius 1 is 1.43 bits per heavy atom. The van der Waals surface area contributed by atoms with E-state index in [1.54, 1.807) is 7.11 Å². The Hall–Kier alpha value is -0.940. The second kappa shape index (κ2) is 6.88. The normalized spacial score (nSPS) is 21.7. The molecule has 2 aromatic rings. The predicted molar refractivity (Wildman–Crippen MR) is 89.8 cm³/mol. The molecule has 0 bridgehead atoms. The summed E-state index contributed by atoms with van der Waals surface area (Å²) in [4.78, 5) is 2.56. The largest absolute Gasteiger partial charge is 0.384 e. The van der Waals surface area contributed by atoms with Crippen molar-refractivity contribution >= 4 is 21.4 Å². The van der Waals surface area contributed by atoms with E-state index in [0.29, 0.717) is 18.5 Å². The van der Waals surface area contributed by atoms with Crippen molar-refractivity contribution in [2.45, 2.75) is 18.9 Å². The van der Waals surface area contributed by atoms with Gasteiger partial charge in [-0.3, -0.25) is 4.90 Å². The van der Waals surface area contributed by atoms with Crippen molar-refractivity contribution in [1.82, 2.24) is 4.90 Å². The Labute approximate surface area is 130 Å². The SMILES string of the molecule is COCC1CCCN(C(CN)c2csc3ccccc23)C1. The first kappa shape index (κ1) is 15.0. The summed E-state index contributed by atoms with van der Waals surface area (Å²) in [6.07, 6.45) is 2.51. The summed E-state index contributed by atoms with van der Waals surface area (Å²) in [6, 6.07) is 8.98. The summed E-state index contributed by atoms with van der Waals surface area (Å²) in [5.41, 5.74) is 7.54. The predicted octanol–water partition coefficient (Wildman–Crippen LogP) is 3.26. The fraction of sp³-hybridized carbons (Fsp3) is 0.529. The summed E-state index contributed by atoms with van der Waals surface area (Å²) in [6.45, 7) is 3.78. The van der Waals surface area contributed by atoms with Gasteiger partial charge in [0, 0.05) is 30.9 Å². The number of rotatable bonds is 5. The molecule has 1 aromatic carbocycles. The van der Waals surface area contributed by atoms with Crippen molar-refractivity contribution in [3.05, 3.63) is 35.2 Å².